The molecule has 0 fully saturated rings. The molecule has 11 rings (SSSR count). The van der Waals surface area contributed by atoms with Gasteiger partial charge in [-0.2, -0.15) is 0 Å². The SMILES string of the molecule is CC1(c2ccccc2)c2ccccc2-c2c(-c3cc(-c4cc(-c5ccccc5)cc(-c5cccc6oc7ccccc7c56)c4)nc(-c4ccccc4)n3)cccc21. The Hall–Kier alpha value is -7.36. The lowest BCUT2D eigenvalue weighted by atomic mass is 9.74. The Balaban J connectivity index is 1.17. The van der Waals surface area contributed by atoms with Crippen LogP contribution in [0.5, 0.6) is 0 Å². The molecule has 2 heterocycles. The Morgan fingerprint density at radius 3 is 1.81 bits per heavy atom. The summed E-state index contributed by atoms with van der Waals surface area (Å²) in [4.78, 5) is 10.7. The zero-order chi connectivity index (χ0) is 37.9. The zero-order valence-corrected chi connectivity index (χ0v) is 31.4. The summed E-state index contributed by atoms with van der Waals surface area (Å²) >= 11 is 0. The number of nitrogens with zero attached hydrogens (tertiary/aromatic N) is 2. The van der Waals surface area contributed by atoms with Gasteiger partial charge in [0.25, 0.3) is 0 Å². The summed E-state index contributed by atoms with van der Waals surface area (Å²) in [5.74, 6) is 0.687. The maximum absolute atomic E-state index is 6.36. The molecule has 0 saturated carbocycles. The molecule has 1 atom stereocenters. The summed E-state index contributed by atoms with van der Waals surface area (Å²) in [7, 11) is 0. The van der Waals surface area contributed by atoms with E-state index in [0.717, 1.165) is 72.3 Å². The lowest BCUT2D eigenvalue weighted by molar-refractivity contribution is 0.669. The van der Waals surface area contributed by atoms with Gasteiger partial charge in [0.2, 0.25) is 0 Å². The van der Waals surface area contributed by atoms with E-state index < -0.39 is 0 Å². The van der Waals surface area contributed by atoms with Crippen LogP contribution in [0.4, 0.5) is 0 Å². The molecule has 0 aliphatic heterocycles. The third kappa shape index (κ3) is 5.35. The number of aromatic nitrogens is 2. The molecule has 8 aromatic carbocycles. The van der Waals surface area contributed by atoms with Gasteiger partial charge >= 0.3 is 0 Å². The molecule has 2 aromatic heterocycles. The smallest absolute Gasteiger partial charge is 0.160 e. The van der Waals surface area contributed by atoms with Crippen LogP contribution in [0.2, 0.25) is 0 Å². The van der Waals surface area contributed by atoms with Crippen LogP contribution in [-0.2, 0) is 5.41 Å². The highest BCUT2D eigenvalue weighted by atomic mass is 16.3. The predicted octanol–water partition coefficient (Wildman–Crippen LogP) is 14.0. The Morgan fingerprint density at radius 2 is 0.982 bits per heavy atom. The van der Waals surface area contributed by atoms with E-state index >= 15 is 0 Å². The molecule has 1 unspecified atom stereocenters. The molecular formula is C54H36N2O. The van der Waals surface area contributed by atoms with Crippen LogP contribution in [0.15, 0.2) is 205 Å². The van der Waals surface area contributed by atoms with Crippen molar-refractivity contribution in [1.29, 1.82) is 0 Å². The first-order chi connectivity index (χ1) is 28.1. The highest BCUT2D eigenvalue weighted by Gasteiger charge is 2.41. The van der Waals surface area contributed by atoms with Crippen LogP contribution in [0, 0.1) is 0 Å². The van der Waals surface area contributed by atoms with Crippen LogP contribution >= 0.6 is 0 Å². The van der Waals surface area contributed by atoms with E-state index in [0.29, 0.717) is 5.82 Å². The van der Waals surface area contributed by atoms with Gasteiger partial charge in [0, 0.05) is 32.9 Å². The topological polar surface area (TPSA) is 38.9 Å². The lowest BCUT2D eigenvalue weighted by Gasteiger charge is -2.28. The maximum atomic E-state index is 6.36. The third-order valence-electron chi connectivity index (χ3n) is 11.8. The largest absolute Gasteiger partial charge is 0.456 e. The Morgan fingerprint density at radius 1 is 0.404 bits per heavy atom. The van der Waals surface area contributed by atoms with Crippen molar-refractivity contribution in [2.45, 2.75) is 12.3 Å². The number of hydrogen-bond acceptors (Lipinski definition) is 3. The minimum absolute atomic E-state index is 0.321. The minimum Gasteiger partial charge on any atom is -0.456 e. The van der Waals surface area contributed by atoms with Crippen molar-refractivity contribution in [2.75, 3.05) is 0 Å². The third-order valence-corrected chi connectivity index (χ3v) is 11.8. The second-order valence-electron chi connectivity index (χ2n) is 15.0. The van der Waals surface area contributed by atoms with Crippen molar-refractivity contribution in [2.24, 2.45) is 0 Å². The average Bonchev–Trinajstić information content (AvgIpc) is 3.80. The summed E-state index contributed by atoms with van der Waals surface area (Å²) < 4.78 is 6.36. The number of hydrogen-bond donors (Lipinski definition) is 0. The first-order valence-corrected chi connectivity index (χ1v) is 19.5. The van der Waals surface area contributed by atoms with Gasteiger partial charge in [-0.1, -0.05) is 164 Å². The van der Waals surface area contributed by atoms with E-state index in [1.807, 2.05) is 18.2 Å². The standard InChI is InChI=1S/C54H36N2O/c1-54(40-21-9-4-10-22-40)45-27-13-11-23-42(45)51-43(26-15-28-46(51)54)48-34-47(55-53(56-48)36-19-7-3-8-20-36)39-32-37(35-17-5-2-6-18-35)31-38(33-39)41-25-16-30-50-52(41)44-24-12-14-29-49(44)57-50/h2-34H,1H3. The predicted molar refractivity (Wildman–Crippen MR) is 234 cm³/mol. The summed E-state index contributed by atoms with van der Waals surface area (Å²) in [6, 6.07) is 71.0. The van der Waals surface area contributed by atoms with Crippen molar-refractivity contribution < 1.29 is 4.42 Å². The van der Waals surface area contributed by atoms with Gasteiger partial charge in [-0.15, -0.1) is 0 Å². The van der Waals surface area contributed by atoms with Gasteiger partial charge in [0.1, 0.15) is 11.2 Å². The van der Waals surface area contributed by atoms with E-state index in [1.165, 1.54) is 27.8 Å². The Kier molecular flexibility index (Phi) is 7.61. The van der Waals surface area contributed by atoms with E-state index in [-0.39, 0.29) is 5.41 Å². The number of rotatable bonds is 6. The molecule has 0 N–H and O–H groups in total. The number of para-hydroxylation sites is 1. The molecule has 3 nitrogen and oxygen atoms in total. The van der Waals surface area contributed by atoms with Gasteiger partial charge in [0.15, 0.2) is 5.82 Å². The average molecular weight is 729 g/mol. The van der Waals surface area contributed by atoms with E-state index in [9.17, 15) is 0 Å². The van der Waals surface area contributed by atoms with Gasteiger partial charge in [-0.25, -0.2) is 9.97 Å². The molecule has 1 aliphatic rings. The van der Waals surface area contributed by atoms with E-state index in [1.54, 1.807) is 0 Å². The highest BCUT2D eigenvalue weighted by Crippen LogP contribution is 2.55. The van der Waals surface area contributed by atoms with Crippen LogP contribution in [0.25, 0.3) is 89.2 Å². The first kappa shape index (κ1) is 33.0. The summed E-state index contributed by atoms with van der Waals surface area (Å²) in [6.45, 7) is 2.36. The normalized spacial score (nSPS) is 14.5. The number of fused-ring (bicyclic) bond motifs is 6. The van der Waals surface area contributed by atoms with Crippen molar-refractivity contribution in [1.82, 2.24) is 9.97 Å². The first-order valence-electron chi connectivity index (χ1n) is 19.5. The van der Waals surface area contributed by atoms with Gasteiger partial charge < -0.3 is 4.42 Å². The summed E-state index contributed by atoms with van der Waals surface area (Å²) in [6.07, 6.45) is 0. The van der Waals surface area contributed by atoms with Crippen LogP contribution in [0.3, 0.4) is 0 Å². The molecule has 0 bridgehead atoms. The van der Waals surface area contributed by atoms with Crippen LogP contribution in [-0.4, -0.2) is 9.97 Å². The molecule has 3 heteroatoms. The molecule has 268 valence electrons. The van der Waals surface area contributed by atoms with Gasteiger partial charge in [0.05, 0.1) is 11.4 Å². The minimum atomic E-state index is -0.321. The van der Waals surface area contributed by atoms with Crippen molar-refractivity contribution in [3.63, 3.8) is 0 Å². The fourth-order valence-electron chi connectivity index (χ4n) is 9.03. The Bertz CT molecular complexity index is 3130. The molecule has 0 saturated heterocycles. The maximum Gasteiger partial charge on any atom is 0.160 e. The Labute approximate surface area is 331 Å². The van der Waals surface area contributed by atoms with Gasteiger partial charge in [-0.05, 0) is 93.4 Å². The zero-order valence-electron chi connectivity index (χ0n) is 31.4. The lowest BCUT2D eigenvalue weighted by Crippen LogP contribution is -2.22. The molecule has 0 spiro atoms. The molecule has 0 amide bonds. The number of furan rings is 1. The molecule has 57 heavy (non-hydrogen) atoms. The second-order valence-corrected chi connectivity index (χ2v) is 15.0. The quantitative estimate of drug-likeness (QED) is 0.171. The van der Waals surface area contributed by atoms with Crippen LogP contribution in [0.1, 0.15) is 23.6 Å². The van der Waals surface area contributed by atoms with Gasteiger partial charge in [-0.3, -0.25) is 0 Å². The molecular weight excluding hydrogens is 693 g/mol. The fourth-order valence-corrected chi connectivity index (χ4v) is 9.03. The van der Waals surface area contributed by atoms with Crippen molar-refractivity contribution in [3.8, 4) is 67.3 Å². The summed E-state index contributed by atoms with van der Waals surface area (Å²) in [5, 5.41) is 2.21. The molecule has 0 radical (unpaired) electrons. The van der Waals surface area contributed by atoms with Crippen LogP contribution < -0.4 is 0 Å². The molecule has 1 aliphatic carbocycles. The number of benzene rings is 8. The van der Waals surface area contributed by atoms with Crippen molar-refractivity contribution in [3.05, 3.63) is 217 Å². The molecule has 10 aromatic rings. The summed E-state index contributed by atoms with van der Waals surface area (Å²) in [5.41, 5.74) is 17.0. The highest BCUT2D eigenvalue weighted by molar-refractivity contribution is 6.12. The van der Waals surface area contributed by atoms with Crippen molar-refractivity contribution >= 4 is 21.9 Å². The monoisotopic (exact) mass is 728 g/mol. The second kappa shape index (κ2) is 13.1. The van der Waals surface area contributed by atoms with E-state index in [2.05, 4.69) is 189 Å². The van der Waals surface area contributed by atoms with E-state index in [4.69, 9.17) is 14.4 Å². The fraction of sp³-hybridized carbons (Fsp3) is 0.0370.